The van der Waals surface area contributed by atoms with Crippen LogP contribution in [0.5, 0.6) is 11.5 Å². The van der Waals surface area contributed by atoms with E-state index in [1.807, 2.05) is 0 Å². The topological polar surface area (TPSA) is 18.5 Å². The Labute approximate surface area is 125 Å². The van der Waals surface area contributed by atoms with Crippen molar-refractivity contribution >= 4 is 11.6 Å². The lowest BCUT2D eigenvalue weighted by Crippen LogP contribution is -2.05. The van der Waals surface area contributed by atoms with Crippen LogP contribution in [0.1, 0.15) is 11.1 Å². The van der Waals surface area contributed by atoms with Crippen molar-refractivity contribution in [1.82, 2.24) is 0 Å². The molecule has 2 aromatic rings. The van der Waals surface area contributed by atoms with E-state index in [4.69, 9.17) is 21.1 Å². The first-order valence-electron chi connectivity index (χ1n) is 6.02. The Balaban J connectivity index is 2.10. The number of alkyl halides is 3. The van der Waals surface area contributed by atoms with Gasteiger partial charge in [-0.05, 0) is 35.9 Å². The molecule has 0 aromatic heterocycles. The Hall–Kier alpha value is -1.88. The van der Waals surface area contributed by atoms with E-state index in [-0.39, 0.29) is 17.4 Å². The van der Waals surface area contributed by atoms with Crippen molar-refractivity contribution in [1.29, 1.82) is 0 Å². The second kappa shape index (κ2) is 6.26. The molecule has 0 radical (unpaired) electrons. The van der Waals surface area contributed by atoms with Crippen molar-refractivity contribution in [2.75, 3.05) is 7.11 Å². The van der Waals surface area contributed by atoms with Gasteiger partial charge in [0.05, 0.1) is 12.7 Å². The van der Waals surface area contributed by atoms with Crippen molar-refractivity contribution in [3.05, 3.63) is 58.6 Å². The van der Waals surface area contributed by atoms with E-state index in [0.29, 0.717) is 5.75 Å². The summed E-state index contributed by atoms with van der Waals surface area (Å²) in [5.74, 6) is 0.770. The van der Waals surface area contributed by atoms with Gasteiger partial charge >= 0.3 is 6.18 Å². The van der Waals surface area contributed by atoms with E-state index in [9.17, 15) is 13.2 Å². The molecule has 2 nitrogen and oxygen atoms in total. The van der Waals surface area contributed by atoms with Crippen LogP contribution in [0, 0.1) is 0 Å². The summed E-state index contributed by atoms with van der Waals surface area (Å²) in [6, 6.07) is 10.2. The second-order valence-corrected chi connectivity index (χ2v) is 4.75. The van der Waals surface area contributed by atoms with Crippen molar-refractivity contribution in [3.63, 3.8) is 0 Å². The Morgan fingerprint density at radius 1 is 1.00 bits per heavy atom. The maximum Gasteiger partial charge on any atom is 0.416 e. The van der Waals surface area contributed by atoms with Crippen LogP contribution in [0.25, 0.3) is 0 Å². The molecule has 112 valence electrons. The van der Waals surface area contributed by atoms with Crippen LogP contribution in [-0.4, -0.2) is 7.11 Å². The van der Waals surface area contributed by atoms with Gasteiger partial charge in [-0.3, -0.25) is 0 Å². The molecule has 0 N–H and O–H groups in total. The molecule has 0 aliphatic heterocycles. The Morgan fingerprint density at radius 3 is 2.24 bits per heavy atom. The third-order valence-electron chi connectivity index (χ3n) is 2.76. The van der Waals surface area contributed by atoms with Gasteiger partial charge in [-0.2, -0.15) is 13.2 Å². The monoisotopic (exact) mass is 316 g/mol. The van der Waals surface area contributed by atoms with Gasteiger partial charge in [0.2, 0.25) is 0 Å². The summed E-state index contributed by atoms with van der Waals surface area (Å²) in [5, 5.41) is -0.0189. The summed E-state index contributed by atoms with van der Waals surface area (Å²) in [5.41, 5.74) is -0.0240. The van der Waals surface area contributed by atoms with Crippen LogP contribution < -0.4 is 9.47 Å². The van der Waals surface area contributed by atoms with Crippen molar-refractivity contribution in [2.45, 2.75) is 12.8 Å². The molecular weight excluding hydrogens is 305 g/mol. The lowest BCUT2D eigenvalue weighted by Gasteiger charge is -2.11. The molecule has 0 amide bonds. The SMILES string of the molecule is COc1ccc(COc2cc(Cl)cc(C(F)(F)F)c2)cc1. The van der Waals surface area contributed by atoms with Crippen LogP contribution >= 0.6 is 11.6 Å². The van der Waals surface area contributed by atoms with Crippen LogP contribution in [0.3, 0.4) is 0 Å². The summed E-state index contributed by atoms with van der Waals surface area (Å²) in [6.45, 7) is 0.141. The zero-order valence-corrected chi connectivity index (χ0v) is 11.8. The minimum Gasteiger partial charge on any atom is -0.497 e. The highest BCUT2D eigenvalue weighted by atomic mass is 35.5. The Kier molecular flexibility index (Phi) is 4.63. The number of hydrogen-bond donors (Lipinski definition) is 0. The van der Waals surface area contributed by atoms with Crippen LogP contribution in [0.2, 0.25) is 5.02 Å². The molecule has 0 bridgehead atoms. The molecule has 2 aromatic carbocycles. The average molecular weight is 317 g/mol. The minimum absolute atomic E-state index is 0.0189. The maximum absolute atomic E-state index is 12.7. The zero-order valence-electron chi connectivity index (χ0n) is 11.1. The summed E-state index contributed by atoms with van der Waals surface area (Å²) >= 11 is 5.68. The van der Waals surface area contributed by atoms with E-state index in [1.54, 1.807) is 31.4 Å². The van der Waals surface area contributed by atoms with Gasteiger partial charge in [0.1, 0.15) is 18.1 Å². The largest absolute Gasteiger partial charge is 0.497 e. The quantitative estimate of drug-likeness (QED) is 0.795. The minimum atomic E-state index is -4.46. The third kappa shape index (κ3) is 4.29. The molecule has 2 rings (SSSR count). The standard InChI is InChI=1S/C15H12ClF3O2/c1-20-13-4-2-10(3-5-13)9-21-14-7-11(15(17,18)19)6-12(16)8-14/h2-8H,9H2,1H3. The number of rotatable bonds is 4. The Bertz CT molecular complexity index is 609. The van der Waals surface area contributed by atoms with Gasteiger partial charge in [0, 0.05) is 5.02 Å². The predicted molar refractivity (Wildman–Crippen MR) is 73.8 cm³/mol. The molecule has 0 unspecified atom stereocenters. The molecule has 0 aliphatic carbocycles. The van der Waals surface area contributed by atoms with Crippen molar-refractivity contribution in [3.8, 4) is 11.5 Å². The van der Waals surface area contributed by atoms with Gasteiger partial charge in [-0.25, -0.2) is 0 Å². The first kappa shape index (κ1) is 15.5. The Morgan fingerprint density at radius 2 is 1.67 bits per heavy atom. The molecule has 0 spiro atoms. The average Bonchev–Trinajstić information content (AvgIpc) is 2.44. The van der Waals surface area contributed by atoms with Gasteiger partial charge in [0.15, 0.2) is 0 Å². The fraction of sp³-hybridized carbons (Fsp3) is 0.200. The lowest BCUT2D eigenvalue weighted by atomic mass is 10.2. The molecule has 0 fully saturated rings. The summed E-state index contributed by atoms with van der Waals surface area (Å²) in [4.78, 5) is 0. The first-order chi connectivity index (χ1) is 9.88. The van der Waals surface area contributed by atoms with Gasteiger partial charge in [-0.1, -0.05) is 23.7 Å². The normalized spacial score (nSPS) is 11.3. The van der Waals surface area contributed by atoms with Crippen molar-refractivity contribution < 1.29 is 22.6 Å². The molecule has 0 heterocycles. The smallest absolute Gasteiger partial charge is 0.416 e. The molecule has 0 saturated carbocycles. The number of benzene rings is 2. The number of halogens is 4. The summed E-state index contributed by atoms with van der Waals surface area (Å²) in [7, 11) is 1.55. The van der Waals surface area contributed by atoms with Gasteiger partial charge in [0.25, 0.3) is 0 Å². The third-order valence-corrected chi connectivity index (χ3v) is 2.98. The van der Waals surface area contributed by atoms with Gasteiger partial charge < -0.3 is 9.47 Å². The highest BCUT2D eigenvalue weighted by molar-refractivity contribution is 6.30. The van der Waals surface area contributed by atoms with Crippen LogP contribution in [0.15, 0.2) is 42.5 Å². The molecule has 0 aliphatic rings. The van der Waals surface area contributed by atoms with Crippen molar-refractivity contribution in [2.24, 2.45) is 0 Å². The van der Waals surface area contributed by atoms with E-state index in [1.165, 1.54) is 6.07 Å². The number of methoxy groups -OCH3 is 1. The van der Waals surface area contributed by atoms with Crippen LogP contribution in [-0.2, 0) is 12.8 Å². The predicted octanol–water partition coefficient (Wildman–Crippen LogP) is 4.95. The molecule has 21 heavy (non-hydrogen) atoms. The fourth-order valence-electron chi connectivity index (χ4n) is 1.70. The van der Waals surface area contributed by atoms with E-state index >= 15 is 0 Å². The number of ether oxygens (including phenoxy) is 2. The van der Waals surface area contributed by atoms with E-state index in [0.717, 1.165) is 17.7 Å². The fourth-order valence-corrected chi connectivity index (χ4v) is 1.92. The van der Waals surface area contributed by atoms with E-state index in [2.05, 4.69) is 0 Å². The second-order valence-electron chi connectivity index (χ2n) is 4.31. The lowest BCUT2D eigenvalue weighted by molar-refractivity contribution is -0.137. The first-order valence-corrected chi connectivity index (χ1v) is 6.40. The molecule has 6 heteroatoms. The molecule has 0 atom stereocenters. The maximum atomic E-state index is 12.7. The van der Waals surface area contributed by atoms with Crippen LogP contribution in [0.4, 0.5) is 13.2 Å². The molecular formula is C15H12ClF3O2. The highest BCUT2D eigenvalue weighted by Gasteiger charge is 2.31. The summed E-state index contributed by atoms with van der Waals surface area (Å²) < 4.78 is 48.4. The highest BCUT2D eigenvalue weighted by Crippen LogP contribution is 2.34. The zero-order chi connectivity index (χ0) is 15.5. The van der Waals surface area contributed by atoms with Gasteiger partial charge in [-0.15, -0.1) is 0 Å². The summed E-state index contributed by atoms with van der Waals surface area (Å²) in [6.07, 6.45) is -4.46. The molecule has 0 saturated heterocycles. The number of hydrogen-bond acceptors (Lipinski definition) is 2. The van der Waals surface area contributed by atoms with E-state index < -0.39 is 11.7 Å².